The zero-order valence-electron chi connectivity index (χ0n) is 24.2. The van der Waals surface area contributed by atoms with E-state index in [1.165, 1.54) is 11.1 Å². The Morgan fingerprint density at radius 2 is 1.81 bits per heavy atom. The molecule has 2 fully saturated rings. The summed E-state index contributed by atoms with van der Waals surface area (Å²) in [6.07, 6.45) is 21.2. The summed E-state index contributed by atoms with van der Waals surface area (Å²) in [5.74, 6) is 1.06. The van der Waals surface area contributed by atoms with E-state index in [9.17, 15) is 9.59 Å². The second-order valence-corrected chi connectivity index (χ2v) is 12.3. The quantitative estimate of drug-likeness (QED) is 0.440. The van der Waals surface area contributed by atoms with Crippen LogP contribution in [0.3, 0.4) is 0 Å². The summed E-state index contributed by atoms with van der Waals surface area (Å²) in [5, 5.41) is 0. The van der Waals surface area contributed by atoms with E-state index >= 15 is 0 Å². The summed E-state index contributed by atoms with van der Waals surface area (Å²) < 4.78 is 13.8. The van der Waals surface area contributed by atoms with Crippen molar-refractivity contribution < 1.29 is 14.3 Å². The van der Waals surface area contributed by atoms with Crippen LogP contribution in [0.5, 0.6) is 5.75 Å². The monoisotopic (exact) mass is 565 g/mol. The number of ether oxygens (including phenoxy) is 2. The summed E-state index contributed by atoms with van der Waals surface area (Å²) in [5.41, 5.74) is 3.53. The molecule has 2 aromatic rings. The molecule has 1 saturated heterocycles. The fourth-order valence-electron chi connectivity index (χ4n) is 7.70. The van der Waals surface area contributed by atoms with Crippen LogP contribution in [0.4, 0.5) is 0 Å². The van der Waals surface area contributed by atoms with Crippen molar-refractivity contribution in [3.63, 3.8) is 0 Å². The van der Waals surface area contributed by atoms with Gasteiger partial charge in [-0.15, -0.1) is 0 Å². The van der Waals surface area contributed by atoms with E-state index in [4.69, 9.17) is 14.5 Å². The number of nitrogens with zero attached hydrogens (tertiary/aromatic N) is 3. The van der Waals surface area contributed by atoms with Crippen LogP contribution in [-0.2, 0) is 24.3 Å². The molecule has 5 aliphatic rings. The fraction of sp³-hybridized carbons (Fsp3) is 0.457. The van der Waals surface area contributed by atoms with Gasteiger partial charge >= 0.3 is 5.56 Å². The van der Waals surface area contributed by atoms with Gasteiger partial charge in [-0.2, -0.15) is 4.98 Å². The maximum atomic E-state index is 14.2. The van der Waals surface area contributed by atoms with Gasteiger partial charge in [0, 0.05) is 50.1 Å². The van der Waals surface area contributed by atoms with E-state index in [0.29, 0.717) is 50.2 Å². The molecule has 42 heavy (non-hydrogen) atoms. The molecule has 1 aromatic heterocycles. The molecule has 7 rings (SSSR count). The molecule has 7 heteroatoms. The molecular weight excluding hydrogens is 526 g/mol. The van der Waals surface area contributed by atoms with Crippen molar-refractivity contribution in [2.24, 2.45) is 11.3 Å². The van der Waals surface area contributed by atoms with Gasteiger partial charge in [-0.1, -0.05) is 79.6 Å². The van der Waals surface area contributed by atoms with E-state index in [2.05, 4.69) is 36.5 Å². The fourth-order valence-corrected chi connectivity index (χ4v) is 7.70. The number of carbonyl (C=O) groups excluding carboxylic acids is 1. The Balaban J connectivity index is 1.29. The van der Waals surface area contributed by atoms with Gasteiger partial charge in [0.25, 0.3) is 5.91 Å². The highest BCUT2D eigenvalue weighted by Gasteiger charge is 2.43. The Hall–Kier alpha value is -3.71. The largest absolute Gasteiger partial charge is 0.481 e. The van der Waals surface area contributed by atoms with Crippen molar-refractivity contribution in [1.29, 1.82) is 0 Å². The number of allylic oxidation sites excluding steroid dienone is 8. The van der Waals surface area contributed by atoms with Crippen LogP contribution >= 0.6 is 0 Å². The zero-order valence-corrected chi connectivity index (χ0v) is 24.2. The Morgan fingerprint density at radius 1 is 1.00 bits per heavy atom. The van der Waals surface area contributed by atoms with Gasteiger partial charge in [-0.25, -0.2) is 0 Å². The van der Waals surface area contributed by atoms with Crippen LogP contribution in [0.2, 0.25) is 0 Å². The van der Waals surface area contributed by atoms with E-state index in [1.54, 1.807) is 0 Å². The molecule has 3 heterocycles. The first-order valence-corrected chi connectivity index (χ1v) is 15.6. The molecule has 218 valence electrons. The lowest BCUT2D eigenvalue weighted by molar-refractivity contribution is 0.0232. The lowest BCUT2D eigenvalue weighted by Crippen LogP contribution is -2.50. The second-order valence-electron chi connectivity index (χ2n) is 12.3. The number of hydrogen-bond donors (Lipinski definition) is 0. The van der Waals surface area contributed by atoms with Crippen molar-refractivity contribution in [1.82, 2.24) is 14.5 Å². The highest BCUT2D eigenvalue weighted by molar-refractivity contribution is 5.96. The van der Waals surface area contributed by atoms with Crippen molar-refractivity contribution in [2.45, 2.75) is 70.6 Å². The van der Waals surface area contributed by atoms with Crippen molar-refractivity contribution in [2.75, 3.05) is 19.8 Å². The van der Waals surface area contributed by atoms with Gasteiger partial charge in [0.2, 0.25) is 5.75 Å². The van der Waals surface area contributed by atoms with Gasteiger partial charge in [0.05, 0.1) is 0 Å². The van der Waals surface area contributed by atoms with Crippen LogP contribution in [0.15, 0.2) is 82.7 Å². The van der Waals surface area contributed by atoms with Gasteiger partial charge in [0.1, 0.15) is 12.4 Å². The molecule has 0 N–H and O–H groups in total. The number of fused-ring (bicyclic) bond motifs is 2. The Labute approximate surface area is 247 Å². The molecule has 1 atom stereocenters. The number of rotatable bonds is 7. The molecule has 1 aromatic carbocycles. The third-order valence-electron chi connectivity index (χ3n) is 9.85. The maximum absolute atomic E-state index is 14.2. The molecule has 0 bridgehead atoms. The smallest absolute Gasteiger partial charge is 0.316 e. The lowest BCUT2D eigenvalue weighted by Gasteiger charge is -2.40. The Kier molecular flexibility index (Phi) is 7.45. The van der Waals surface area contributed by atoms with Crippen molar-refractivity contribution in [3.05, 3.63) is 105 Å². The van der Waals surface area contributed by atoms with Gasteiger partial charge in [0.15, 0.2) is 5.69 Å². The third kappa shape index (κ3) is 4.98. The average Bonchev–Trinajstić information content (AvgIpc) is 3.51. The summed E-state index contributed by atoms with van der Waals surface area (Å²) >= 11 is 0. The van der Waals surface area contributed by atoms with Crippen LogP contribution < -0.4 is 10.3 Å². The summed E-state index contributed by atoms with van der Waals surface area (Å²) in [6, 6.07) is 9.86. The van der Waals surface area contributed by atoms with Crippen molar-refractivity contribution >= 4 is 5.91 Å². The highest BCUT2D eigenvalue weighted by Crippen LogP contribution is 2.52. The molecule has 0 radical (unpaired) electrons. The molecule has 0 spiro atoms. The summed E-state index contributed by atoms with van der Waals surface area (Å²) in [4.78, 5) is 34.6. The lowest BCUT2D eigenvalue weighted by atomic mass is 9.67. The average molecular weight is 566 g/mol. The van der Waals surface area contributed by atoms with Gasteiger partial charge in [-0.3, -0.25) is 9.59 Å². The van der Waals surface area contributed by atoms with Crippen LogP contribution in [0, 0.1) is 11.3 Å². The highest BCUT2D eigenvalue weighted by atomic mass is 16.5. The first-order valence-electron chi connectivity index (χ1n) is 15.6. The minimum Gasteiger partial charge on any atom is -0.481 e. The minimum absolute atomic E-state index is 0.0739. The van der Waals surface area contributed by atoms with E-state index in [0.717, 1.165) is 50.5 Å². The summed E-state index contributed by atoms with van der Waals surface area (Å²) in [7, 11) is 0. The van der Waals surface area contributed by atoms with E-state index in [1.807, 2.05) is 39.8 Å². The first-order chi connectivity index (χ1) is 20.6. The van der Waals surface area contributed by atoms with Crippen LogP contribution in [-0.4, -0.2) is 46.2 Å². The van der Waals surface area contributed by atoms with Crippen molar-refractivity contribution in [3.8, 4) is 5.75 Å². The first kappa shape index (κ1) is 27.1. The molecule has 7 nitrogen and oxygen atoms in total. The number of aromatic nitrogens is 2. The molecule has 1 amide bonds. The second kappa shape index (κ2) is 11.5. The third-order valence-corrected chi connectivity index (χ3v) is 9.85. The molecule has 1 saturated carbocycles. The minimum atomic E-state index is -0.447. The zero-order chi connectivity index (χ0) is 28.5. The molecule has 2 aliphatic heterocycles. The number of benzene rings is 1. The SMILES string of the molecule is O=C1c2c(OCc3ccccc3)c(=O)nc(CC3(C4=CC=CC5CC=CC=C45)CCCC3)n2CCN1C1CCOCC1. The van der Waals surface area contributed by atoms with Gasteiger partial charge in [-0.05, 0) is 48.8 Å². The number of hydrogen-bond acceptors (Lipinski definition) is 5. The Morgan fingerprint density at radius 3 is 2.62 bits per heavy atom. The molecule has 1 unspecified atom stereocenters. The van der Waals surface area contributed by atoms with Crippen LogP contribution in [0.1, 0.15) is 66.8 Å². The predicted octanol–water partition coefficient (Wildman–Crippen LogP) is 5.56. The maximum Gasteiger partial charge on any atom is 0.316 e. The number of amides is 1. The topological polar surface area (TPSA) is 73.7 Å². The van der Waals surface area contributed by atoms with E-state index in [-0.39, 0.29) is 29.7 Å². The Bertz CT molecular complexity index is 1520. The van der Waals surface area contributed by atoms with Gasteiger partial charge < -0.3 is 18.9 Å². The van der Waals surface area contributed by atoms with E-state index < -0.39 is 5.56 Å². The molecule has 3 aliphatic carbocycles. The number of carbonyl (C=O) groups is 1. The standard InChI is InChI=1S/C35H39N3O4/c39-33-32(42-24-25-9-2-1-3-10-25)31-34(40)37(27-15-21-41-22-16-27)19-20-38(31)30(36-33)23-35(17-6-7-18-35)29-14-8-12-26-11-4-5-13-28(26)29/h1-5,8-10,12-14,26-27H,6-7,11,15-24H2. The molecular formula is C35H39N3O4. The predicted molar refractivity (Wildman–Crippen MR) is 161 cm³/mol. The summed E-state index contributed by atoms with van der Waals surface area (Å²) in [6.45, 7) is 2.71. The normalized spacial score (nSPS) is 23.3. The van der Waals surface area contributed by atoms with Crippen LogP contribution in [0.25, 0.3) is 0 Å².